The van der Waals surface area contributed by atoms with Crippen LogP contribution in [0.15, 0.2) is 46.6 Å². The second-order valence-electron chi connectivity index (χ2n) is 4.08. The normalized spacial score (nSPS) is 12.4. The van der Waals surface area contributed by atoms with Gasteiger partial charge in [0, 0.05) is 16.8 Å². The number of nitrogens with zero attached hydrogens (tertiary/aromatic N) is 2. The lowest BCUT2D eigenvalue weighted by Crippen LogP contribution is -1.94. The van der Waals surface area contributed by atoms with Crippen LogP contribution < -0.4 is 0 Å². The SMILES string of the molecule is CC[C@H](O)c1ccc(Sc2nccc(C)n2)cc1. The molecular weight excluding hydrogens is 244 g/mol. The first-order valence-corrected chi connectivity index (χ1v) is 6.76. The number of aliphatic hydroxyl groups is 1. The van der Waals surface area contributed by atoms with E-state index in [2.05, 4.69) is 9.97 Å². The van der Waals surface area contributed by atoms with E-state index in [0.717, 1.165) is 27.7 Å². The number of aryl methyl sites for hydroxylation is 1. The van der Waals surface area contributed by atoms with Crippen LogP contribution in [0.2, 0.25) is 0 Å². The topological polar surface area (TPSA) is 46.0 Å². The molecule has 0 bridgehead atoms. The summed E-state index contributed by atoms with van der Waals surface area (Å²) in [4.78, 5) is 9.63. The van der Waals surface area contributed by atoms with E-state index in [9.17, 15) is 5.11 Å². The van der Waals surface area contributed by atoms with Crippen LogP contribution in [0, 0.1) is 6.92 Å². The molecule has 1 aromatic carbocycles. The molecule has 0 radical (unpaired) electrons. The molecular formula is C14H16N2OS. The number of aromatic nitrogens is 2. The molecule has 0 amide bonds. The molecule has 0 aliphatic heterocycles. The van der Waals surface area contributed by atoms with E-state index in [4.69, 9.17) is 0 Å². The van der Waals surface area contributed by atoms with Gasteiger partial charge in [-0.1, -0.05) is 19.1 Å². The Labute approximate surface area is 111 Å². The van der Waals surface area contributed by atoms with Gasteiger partial charge in [0.1, 0.15) is 0 Å². The van der Waals surface area contributed by atoms with Gasteiger partial charge in [-0.15, -0.1) is 0 Å². The summed E-state index contributed by atoms with van der Waals surface area (Å²) in [6.07, 6.45) is 2.12. The van der Waals surface area contributed by atoms with E-state index in [0.29, 0.717) is 0 Å². The standard InChI is InChI=1S/C14H16N2OS/c1-3-13(17)11-4-6-12(7-5-11)18-14-15-9-8-10(2)16-14/h4-9,13,17H,3H2,1-2H3/t13-/m0/s1. The largest absolute Gasteiger partial charge is 0.388 e. The van der Waals surface area contributed by atoms with E-state index >= 15 is 0 Å². The predicted octanol–water partition coefficient (Wildman–Crippen LogP) is 3.38. The second kappa shape index (κ2) is 5.98. The van der Waals surface area contributed by atoms with Gasteiger partial charge in [-0.3, -0.25) is 0 Å². The quantitative estimate of drug-likeness (QED) is 0.856. The van der Waals surface area contributed by atoms with Gasteiger partial charge >= 0.3 is 0 Å². The molecule has 1 aromatic heterocycles. The Morgan fingerprint density at radius 1 is 1.22 bits per heavy atom. The zero-order valence-corrected chi connectivity index (χ0v) is 11.3. The van der Waals surface area contributed by atoms with Crippen molar-refractivity contribution in [1.82, 2.24) is 9.97 Å². The maximum Gasteiger partial charge on any atom is 0.192 e. The second-order valence-corrected chi connectivity index (χ2v) is 5.12. The van der Waals surface area contributed by atoms with Crippen molar-refractivity contribution >= 4 is 11.8 Å². The van der Waals surface area contributed by atoms with Gasteiger partial charge in [0.2, 0.25) is 0 Å². The fourth-order valence-corrected chi connectivity index (χ4v) is 2.36. The molecule has 0 saturated heterocycles. The minimum Gasteiger partial charge on any atom is -0.388 e. The highest BCUT2D eigenvalue weighted by atomic mass is 32.2. The number of benzene rings is 1. The van der Waals surface area contributed by atoms with E-state index in [-0.39, 0.29) is 6.10 Å². The van der Waals surface area contributed by atoms with Gasteiger partial charge in [-0.05, 0) is 48.9 Å². The lowest BCUT2D eigenvalue weighted by atomic mass is 10.1. The average molecular weight is 260 g/mol. The summed E-state index contributed by atoms with van der Waals surface area (Å²) in [6.45, 7) is 3.92. The molecule has 94 valence electrons. The minimum absolute atomic E-state index is 0.376. The van der Waals surface area contributed by atoms with Gasteiger partial charge in [-0.2, -0.15) is 0 Å². The van der Waals surface area contributed by atoms with E-state index in [1.54, 1.807) is 6.20 Å². The van der Waals surface area contributed by atoms with E-state index in [1.807, 2.05) is 44.2 Å². The van der Waals surface area contributed by atoms with Crippen molar-refractivity contribution in [2.75, 3.05) is 0 Å². The molecule has 2 aromatic rings. The zero-order valence-electron chi connectivity index (χ0n) is 10.5. The lowest BCUT2D eigenvalue weighted by Gasteiger charge is -2.08. The molecule has 0 unspecified atom stereocenters. The molecule has 0 saturated carbocycles. The number of hydrogen-bond donors (Lipinski definition) is 1. The van der Waals surface area contributed by atoms with Crippen LogP contribution in [-0.2, 0) is 0 Å². The Morgan fingerprint density at radius 3 is 2.56 bits per heavy atom. The Kier molecular flexibility index (Phi) is 4.33. The third-order valence-corrected chi connectivity index (χ3v) is 3.52. The first-order chi connectivity index (χ1) is 8.69. The van der Waals surface area contributed by atoms with Crippen LogP contribution in [-0.4, -0.2) is 15.1 Å². The maximum atomic E-state index is 9.71. The minimum atomic E-state index is -0.376. The maximum absolute atomic E-state index is 9.71. The first kappa shape index (κ1) is 13.1. The van der Waals surface area contributed by atoms with Crippen molar-refractivity contribution in [1.29, 1.82) is 0 Å². The Morgan fingerprint density at radius 2 is 1.94 bits per heavy atom. The summed E-state index contributed by atoms with van der Waals surface area (Å²) >= 11 is 1.53. The van der Waals surface area contributed by atoms with Crippen LogP contribution >= 0.6 is 11.8 Å². The molecule has 0 spiro atoms. The van der Waals surface area contributed by atoms with Crippen LogP contribution in [0.3, 0.4) is 0 Å². The predicted molar refractivity (Wildman–Crippen MR) is 72.6 cm³/mol. The highest BCUT2D eigenvalue weighted by Gasteiger charge is 2.05. The van der Waals surface area contributed by atoms with Gasteiger partial charge in [-0.25, -0.2) is 9.97 Å². The molecule has 1 atom stereocenters. The fraction of sp³-hybridized carbons (Fsp3) is 0.286. The van der Waals surface area contributed by atoms with Gasteiger partial charge in [0.15, 0.2) is 5.16 Å². The van der Waals surface area contributed by atoms with Crippen LogP contribution in [0.4, 0.5) is 0 Å². The monoisotopic (exact) mass is 260 g/mol. The van der Waals surface area contributed by atoms with Crippen molar-refractivity contribution < 1.29 is 5.11 Å². The fourth-order valence-electron chi connectivity index (χ4n) is 1.57. The Bertz CT molecular complexity index is 513. The van der Waals surface area contributed by atoms with Crippen LogP contribution in [0.25, 0.3) is 0 Å². The molecule has 0 fully saturated rings. The van der Waals surface area contributed by atoms with Crippen molar-refractivity contribution in [2.24, 2.45) is 0 Å². The smallest absolute Gasteiger partial charge is 0.192 e. The third kappa shape index (κ3) is 3.31. The molecule has 0 aliphatic carbocycles. The van der Waals surface area contributed by atoms with E-state index in [1.165, 1.54) is 11.8 Å². The molecule has 18 heavy (non-hydrogen) atoms. The van der Waals surface area contributed by atoms with Crippen LogP contribution in [0.1, 0.15) is 30.7 Å². The summed E-state index contributed by atoms with van der Waals surface area (Å²) in [5, 5.41) is 10.5. The van der Waals surface area contributed by atoms with Gasteiger partial charge < -0.3 is 5.11 Å². The van der Waals surface area contributed by atoms with Crippen LogP contribution in [0.5, 0.6) is 0 Å². The Balaban J connectivity index is 2.11. The molecule has 0 aliphatic rings. The van der Waals surface area contributed by atoms with Crippen molar-refractivity contribution in [3.63, 3.8) is 0 Å². The molecule has 4 heteroatoms. The Hall–Kier alpha value is -1.39. The summed E-state index contributed by atoms with van der Waals surface area (Å²) < 4.78 is 0. The first-order valence-electron chi connectivity index (χ1n) is 5.94. The number of hydrogen-bond acceptors (Lipinski definition) is 4. The zero-order chi connectivity index (χ0) is 13.0. The summed E-state index contributed by atoms with van der Waals surface area (Å²) in [5.74, 6) is 0. The summed E-state index contributed by atoms with van der Waals surface area (Å²) in [7, 11) is 0. The highest BCUT2D eigenvalue weighted by Crippen LogP contribution is 2.26. The average Bonchev–Trinajstić information content (AvgIpc) is 2.39. The molecule has 1 N–H and O–H groups in total. The molecule has 2 rings (SSSR count). The van der Waals surface area contributed by atoms with E-state index < -0.39 is 0 Å². The molecule has 1 heterocycles. The summed E-state index contributed by atoms with van der Waals surface area (Å²) in [5.41, 5.74) is 1.91. The molecule has 3 nitrogen and oxygen atoms in total. The van der Waals surface area contributed by atoms with Crippen molar-refractivity contribution in [3.8, 4) is 0 Å². The number of aliphatic hydroxyl groups excluding tert-OH is 1. The van der Waals surface area contributed by atoms with Gasteiger partial charge in [0.05, 0.1) is 6.10 Å². The summed E-state index contributed by atoms with van der Waals surface area (Å²) in [6, 6.07) is 9.76. The highest BCUT2D eigenvalue weighted by molar-refractivity contribution is 7.99. The van der Waals surface area contributed by atoms with Crippen molar-refractivity contribution in [2.45, 2.75) is 36.4 Å². The number of rotatable bonds is 4. The third-order valence-electron chi connectivity index (χ3n) is 2.63. The van der Waals surface area contributed by atoms with Crippen molar-refractivity contribution in [3.05, 3.63) is 47.8 Å². The lowest BCUT2D eigenvalue weighted by molar-refractivity contribution is 0.173. The van der Waals surface area contributed by atoms with Gasteiger partial charge in [0.25, 0.3) is 0 Å².